The molecule has 0 unspecified atom stereocenters. The van der Waals surface area contributed by atoms with E-state index in [0.717, 1.165) is 5.69 Å². The van der Waals surface area contributed by atoms with Crippen molar-refractivity contribution >= 4 is 11.6 Å². The molecule has 6 heteroatoms. The van der Waals surface area contributed by atoms with E-state index in [-0.39, 0.29) is 11.9 Å². The van der Waals surface area contributed by atoms with E-state index in [9.17, 15) is 4.79 Å². The van der Waals surface area contributed by atoms with Crippen LogP contribution in [0.4, 0.5) is 5.69 Å². The van der Waals surface area contributed by atoms with Gasteiger partial charge in [-0.1, -0.05) is 0 Å². The smallest absolute Gasteiger partial charge is 0.226 e. The molecule has 2 rings (SSSR count). The highest BCUT2D eigenvalue weighted by Crippen LogP contribution is 2.29. The standard InChI is InChI=1S/C16H21N3O3/c1-11-7-8-19(18-11)12(2)9-16(20)17-14-6-5-13(21-3)10-15(14)22-4/h5-8,10,12H,9H2,1-4H3,(H,17,20)/t12-/m0/s1. The number of nitrogens with one attached hydrogen (secondary N) is 1. The average Bonchev–Trinajstić information content (AvgIpc) is 2.94. The lowest BCUT2D eigenvalue weighted by atomic mass is 10.2. The summed E-state index contributed by atoms with van der Waals surface area (Å²) < 4.78 is 12.2. The quantitative estimate of drug-likeness (QED) is 0.891. The molecule has 0 fully saturated rings. The molecule has 2 aromatic rings. The maximum absolute atomic E-state index is 12.2. The molecule has 1 aromatic heterocycles. The molecule has 0 spiro atoms. The van der Waals surface area contributed by atoms with E-state index in [4.69, 9.17) is 9.47 Å². The van der Waals surface area contributed by atoms with Gasteiger partial charge in [-0.2, -0.15) is 5.10 Å². The number of nitrogens with zero attached hydrogens (tertiary/aromatic N) is 2. The molecule has 1 atom stereocenters. The van der Waals surface area contributed by atoms with Gasteiger partial charge in [0.25, 0.3) is 0 Å². The highest BCUT2D eigenvalue weighted by molar-refractivity contribution is 5.92. The predicted octanol–water partition coefficient (Wildman–Crippen LogP) is 2.80. The molecule has 0 bridgehead atoms. The van der Waals surface area contributed by atoms with Crippen LogP contribution in [0.1, 0.15) is 25.1 Å². The number of methoxy groups -OCH3 is 2. The summed E-state index contributed by atoms with van der Waals surface area (Å²) >= 11 is 0. The Morgan fingerprint density at radius 1 is 1.32 bits per heavy atom. The summed E-state index contributed by atoms with van der Waals surface area (Å²) in [4.78, 5) is 12.2. The van der Waals surface area contributed by atoms with Crippen LogP contribution in [0.25, 0.3) is 0 Å². The maximum Gasteiger partial charge on any atom is 0.226 e. The number of aryl methyl sites for hydroxylation is 1. The van der Waals surface area contributed by atoms with E-state index in [0.29, 0.717) is 23.6 Å². The fourth-order valence-electron chi connectivity index (χ4n) is 2.14. The van der Waals surface area contributed by atoms with Gasteiger partial charge in [0.2, 0.25) is 5.91 Å². The topological polar surface area (TPSA) is 65.4 Å². The minimum absolute atomic E-state index is 0.0158. The van der Waals surface area contributed by atoms with Gasteiger partial charge in [0.05, 0.1) is 31.6 Å². The second-order valence-electron chi connectivity index (χ2n) is 5.10. The number of hydrogen-bond donors (Lipinski definition) is 1. The van der Waals surface area contributed by atoms with Crippen molar-refractivity contribution in [1.29, 1.82) is 0 Å². The molecule has 0 aliphatic rings. The first-order chi connectivity index (χ1) is 10.5. The van der Waals surface area contributed by atoms with Crippen molar-refractivity contribution in [3.63, 3.8) is 0 Å². The van der Waals surface area contributed by atoms with Crippen LogP contribution in [-0.4, -0.2) is 29.9 Å². The second-order valence-corrected chi connectivity index (χ2v) is 5.10. The van der Waals surface area contributed by atoms with Gasteiger partial charge in [-0.05, 0) is 32.0 Å². The minimum atomic E-state index is -0.0934. The average molecular weight is 303 g/mol. The number of ether oxygens (including phenoxy) is 2. The SMILES string of the molecule is COc1ccc(NC(=O)C[C@H](C)n2ccc(C)n2)c(OC)c1. The summed E-state index contributed by atoms with van der Waals surface area (Å²) in [5, 5.41) is 7.18. The number of aromatic nitrogens is 2. The van der Waals surface area contributed by atoms with E-state index in [1.165, 1.54) is 0 Å². The Morgan fingerprint density at radius 3 is 2.68 bits per heavy atom. The number of carbonyl (C=O) groups excluding carboxylic acids is 1. The fraction of sp³-hybridized carbons (Fsp3) is 0.375. The van der Waals surface area contributed by atoms with Gasteiger partial charge in [0.1, 0.15) is 11.5 Å². The summed E-state index contributed by atoms with van der Waals surface area (Å²) in [5.74, 6) is 1.15. The summed E-state index contributed by atoms with van der Waals surface area (Å²) in [6, 6.07) is 7.17. The van der Waals surface area contributed by atoms with E-state index < -0.39 is 0 Å². The van der Waals surface area contributed by atoms with Crippen molar-refractivity contribution in [3.05, 3.63) is 36.2 Å². The molecule has 0 radical (unpaired) electrons. The van der Waals surface area contributed by atoms with Crippen LogP contribution < -0.4 is 14.8 Å². The third kappa shape index (κ3) is 3.78. The van der Waals surface area contributed by atoms with Crippen molar-refractivity contribution in [2.75, 3.05) is 19.5 Å². The molecule has 1 N–H and O–H groups in total. The van der Waals surface area contributed by atoms with Crippen LogP contribution in [0.15, 0.2) is 30.5 Å². The first-order valence-corrected chi connectivity index (χ1v) is 7.07. The Hall–Kier alpha value is -2.50. The number of amides is 1. The van der Waals surface area contributed by atoms with E-state index in [1.807, 2.05) is 26.1 Å². The van der Waals surface area contributed by atoms with Gasteiger partial charge in [0, 0.05) is 18.7 Å². The van der Waals surface area contributed by atoms with Crippen molar-refractivity contribution < 1.29 is 14.3 Å². The molecular weight excluding hydrogens is 282 g/mol. The normalized spacial score (nSPS) is 11.8. The van der Waals surface area contributed by atoms with Crippen LogP contribution in [0.2, 0.25) is 0 Å². The highest BCUT2D eigenvalue weighted by atomic mass is 16.5. The Bertz CT molecular complexity index is 652. The molecule has 1 heterocycles. The van der Waals surface area contributed by atoms with E-state index >= 15 is 0 Å². The van der Waals surface area contributed by atoms with Gasteiger partial charge >= 0.3 is 0 Å². The van der Waals surface area contributed by atoms with Crippen LogP contribution in [0.5, 0.6) is 11.5 Å². The molecule has 1 aromatic carbocycles. The first kappa shape index (κ1) is 15.9. The Kier molecular flexibility index (Phi) is 5.04. The Labute approximate surface area is 130 Å². The second kappa shape index (κ2) is 6.98. The lowest BCUT2D eigenvalue weighted by Gasteiger charge is -2.14. The Morgan fingerprint density at radius 2 is 2.09 bits per heavy atom. The number of benzene rings is 1. The third-order valence-corrected chi connectivity index (χ3v) is 3.36. The van der Waals surface area contributed by atoms with Gasteiger partial charge < -0.3 is 14.8 Å². The van der Waals surface area contributed by atoms with Crippen LogP contribution in [0, 0.1) is 6.92 Å². The monoisotopic (exact) mass is 303 g/mol. The van der Waals surface area contributed by atoms with E-state index in [2.05, 4.69) is 10.4 Å². The zero-order chi connectivity index (χ0) is 16.1. The molecule has 0 saturated heterocycles. The molecule has 1 amide bonds. The molecular formula is C16H21N3O3. The summed E-state index contributed by atoms with van der Waals surface area (Å²) in [6.07, 6.45) is 2.21. The lowest BCUT2D eigenvalue weighted by Crippen LogP contribution is -2.18. The molecule has 0 aliphatic carbocycles. The fourth-order valence-corrected chi connectivity index (χ4v) is 2.14. The van der Waals surface area contributed by atoms with Crippen LogP contribution in [-0.2, 0) is 4.79 Å². The first-order valence-electron chi connectivity index (χ1n) is 7.07. The van der Waals surface area contributed by atoms with Gasteiger partial charge in [-0.3, -0.25) is 9.48 Å². The number of rotatable bonds is 6. The summed E-state index contributed by atoms with van der Waals surface area (Å²) in [5.41, 5.74) is 1.56. The number of carbonyl (C=O) groups is 1. The lowest BCUT2D eigenvalue weighted by molar-refractivity contribution is -0.116. The summed E-state index contributed by atoms with van der Waals surface area (Å²) in [6.45, 7) is 3.88. The molecule has 118 valence electrons. The van der Waals surface area contributed by atoms with Crippen molar-refractivity contribution in [2.45, 2.75) is 26.3 Å². The van der Waals surface area contributed by atoms with Crippen molar-refractivity contribution in [3.8, 4) is 11.5 Å². The number of hydrogen-bond acceptors (Lipinski definition) is 4. The van der Waals surface area contributed by atoms with Gasteiger partial charge in [0.15, 0.2) is 0 Å². The number of anilines is 1. The van der Waals surface area contributed by atoms with Crippen molar-refractivity contribution in [2.24, 2.45) is 0 Å². The molecule has 22 heavy (non-hydrogen) atoms. The van der Waals surface area contributed by atoms with Gasteiger partial charge in [-0.25, -0.2) is 0 Å². The highest BCUT2D eigenvalue weighted by Gasteiger charge is 2.14. The zero-order valence-electron chi connectivity index (χ0n) is 13.3. The van der Waals surface area contributed by atoms with Crippen LogP contribution >= 0.6 is 0 Å². The van der Waals surface area contributed by atoms with Crippen molar-refractivity contribution in [1.82, 2.24) is 9.78 Å². The van der Waals surface area contributed by atoms with Crippen LogP contribution in [0.3, 0.4) is 0 Å². The van der Waals surface area contributed by atoms with E-state index in [1.54, 1.807) is 37.1 Å². The third-order valence-electron chi connectivity index (χ3n) is 3.36. The zero-order valence-corrected chi connectivity index (χ0v) is 13.3. The largest absolute Gasteiger partial charge is 0.497 e. The minimum Gasteiger partial charge on any atom is -0.497 e. The Balaban J connectivity index is 2.02. The maximum atomic E-state index is 12.2. The molecule has 0 aliphatic heterocycles. The molecule has 6 nitrogen and oxygen atoms in total. The summed E-state index contributed by atoms with van der Waals surface area (Å²) in [7, 11) is 3.14. The predicted molar refractivity (Wildman–Crippen MR) is 84.5 cm³/mol. The van der Waals surface area contributed by atoms with Gasteiger partial charge in [-0.15, -0.1) is 0 Å². The molecule has 0 saturated carbocycles.